The van der Waals surface area contributed by atoms with Gasteiger partial charge in [0.1, 0.15) is 40.9 Å². The van der Waals surface area contributed by atoms with Crippen molar-refractivity contribution in [2.24, 2.45) is 0 Å². The van der Waals surface area contributed by atoms with E-state index in [1.807, 2.05) is 67.6 Å². The van der Waals surface area contributed by atoms with Gasteiger partial charge in [-0.3, -0.25) is 9.69 Å². The summed E-state index contributed by atoms with van der Waals surface area (Å²) in [7, 11) is 0. The predicted octanol–water partition coefficient (Wildman–Crippen LogP) is 5.98. The van der Waals surface area contributed by atoms with Crippen LogP contribution >= 0.6 is 23.2 Å². The van der Waals surface area contributed by atoms with Crippen LogP contribution in [-0.4, -0.2) is 51.7 Å². The highest BCUT2D eigenvalue weighted by Crippen LogP contribution is 2.38. The Hall–Kier alpha value is -3.92. The summed E-state index contributed by atoms with van der Waals surface area (Å²) in [6, 6.07) is 21.8. The number of urea groups is 1. The molecule has 3 aromatic carbocycles. The second kappa shape index (κ2) is 13.4. The van der Waals surface area contributed by atoms with Gasteiger partial charge in [0.15, 0.2) is 0 Å². The summed E-state index contributed by atoms with van der Waals surface area (Å²) in [5.74, 6) is -0.170. The average Bonchev–Trinajstić information content (AvgIpc) is 3.50. The van der Waals surface area contributed by atoms with Gasteiger partial charge in [0.25, 0.3) is 5.91 Å². The van der Waals surface area contributed by atoms with Crippen LogP contribution in [0.4, 0.5) is 9.18 Å². The topological polar surface area (TPSA) is 108 Å². The maximum absolute atomic E-state index is 14.4. The van der Waals surface area contributed by atoms with Crippen molar-refractivity contribution in [3.63, 3.8) is 0 Å². The zero-order chi connectivity index (χ0) is 28.6. The maximum Gasteiger partial charge on any atom is 0.325 e. The molecule has 1 aromatic heterocycles. The molecule has 0 aliphatic carbocycles. The first-order valence-electron chi connectivity index (χ1n) is 12.4. The van der Waals surface area contributed by atoms with E-state index in [0.29, 0.717) is 6.61 Å². The van der Waals surface area contributed by atoms with E-state index in [0.717, 1.165) is 16.2 Å². The number of aromatic nitrogens is 2. The molecule has 8 nitrogen and oxygen atoms in total. The van der Waals surface area contributed by atoms with Crippen molar-refractivity contribution in [2.75, 3.05) is 19.8 Å². The lowest BCUT2D eigenvalue weighted by atomic mass is 9.91. The van der Waals surface area contributed by atoms with E-state index < -0.39 is 17.9 Å². The predicted molar refractivity (Wildman–Crippen MR) is 151 cm³/mol. The van der Waals surface area contributed by atoms with Crippen LogP contribution in [0.2, 0.25) is 10.2 Å². The van der Waals surface area contributed by atoms with Crippen molar-refractivity contribution in [3.8, 4) is 17.0 Å². The molecule has 0 saturated carbocycles. The number of imide groups is 1. The van der Waals surface area contributed by atoms with Gasteiger partial charge >= 0.3 is 6.03 Å². The summed E-state index contributed by atoms with van der Waals surface area (Å²) in [5, 5.41) is 11.3. The summed E-state index contributed by atoms with van der Waals surface area (Å²) < 4.78 is 19.6. The number of amides is 3. The zero-order valence-corrected chi connectivity index (χ0v) is 23.0. The number of imidazole rings is 1. The molecule has 4 aromatic rings. The van der Waals surface area contributed by atoms with Gasteiger partial charge < -0.3 is 20.1 Å². The Morgan fingerprint density at radius 1 is 1.05 bits per heavy atom. The number of ether oxygens (including phenoxy) is 1. The number of aliphatic hydroxyl groups excluding tert-OH is 1. The van der Waals surface area contributed by atoms with Gasteiger partial charge in [-0.2, -0.15) is 0 Å². The molecule has 5 rings (SSSR count). The van der Waals surface area contributed by atoms with Gasteiger partial charge in [-0.05, 0) is 35.9 Å². The smallest absolute Gasteiger partial charge is 0.325 e. The molecule has 1 aliphatic rings. The van der Waals surface area contributed by atoms with Crippen molar-refractivity contribution >= 4 is 35.1 Å². The highest BCUT2D eigenvalue weighted by atomic mass is 35.5. The van der Waals surface area contributed by atoms with Crippen molar-refractivity contribution in [2.45, 2.75) is 18.9 Å². The number of H-pyrrole nitrogens is 1. The first kappa shape index (κ1) is 29.1. The number of halogens is 3. The first-order chi connectivity index (χ1) is 19.3. The monoisotopic (exact) mass is 584 g/mol. The quantitative estimate of drug-likeness (QED) is 0.221. The number of hydrogen-bond acceptors (Lipinski definition) is 5. The molecule has 0 spiro atoms. The fourth-order valence-corrected chi connectivity index (χ4v) is 4.69. The molecule has 1 saturated heterocycles. The van der Waals surface area contributed by atoms with Crippen LogP contribution in [0, 0.1) is 5.82 Å². The van der Waals surface area contributed by atoms with E-state index in [1.54, 1.807) is 0 Å². The number of aromatic amines is 1. The molecule has 11 heteroatoms. The van der Waals surface area contributed by atoms with Gasteiger partial charge in [0.05, 0.1) is 13.2 Å². The molecular weight excluding hydrogens is 558 g/mol. The third-order valence-corrected chi connectivity index (χ3v) is 6.71. The minimum atomic E-state index is -0.760. The van der Waals surface area contributed by atoms with E-state index in [9.17, 15) is 14.0 Å². The zero-order valence-electron chi connectivity index (χ0n) is 21.5. The lowest BCUT2D eigenvalue weighted by Crippen LogP contribution is -2.38. The maximum atomic E-state index is 14.4. The Bertz CT molecular complexity index is 1440. The molecule has 208 valence electrons. The number of hydrogen-bond donors (Lipinski definition) is 3. The van der Waals surface area contributed by atoms with Gasteiger partial charge in [0.2, 0.25) is 0 Å². The number of benzene rings is 3. The lowest BCUT2D eigenvalue weighted by molar-refractivity contribution is -0.127. The highest BCUT2D eigenvalue weighted by Gasteiger charge is 2.41. The molecule has 40 heavy (non-hydrogen) atoms. The third kappa shape index (κ3) is 6.80. The average molecular weight is 585 g/mol. The Balaban J connectivity index is 0.000000312. The number of carbonyl (C=O) groups is 2. The second-order valence-corrected chi connectivity index (χ2v) is 9.67. The summed E-state index contributed by atoms with van der Waals surface area (Å²) >= 11 is 12.2. The van der Waals surface area contributed by atoms with Gasteiger partial charge in [0, 0.05) is 16.5 Å². The highest BCUT2D eigenvalue weighted by molar-refractivity contribution is 6.32. The normalized spacial score (nSPS) is 14.3. The number of rotatable bonds is 8. The summed E-state index contributed by atoms with van der Waals surface area (Å²) in [4.78, 5) is 33.5. The van der Waals surface area contributed by atoms with Crippen LogP contribution in [0.3, 0.4) is 0 Å². The summed E-state index contributed by atoms with van der Waals surface area (Å²) in [6.07, 6.45) is 0. The van der Waals surface area contributed by atoms with Gasteiger partial charge in [-0.1, -0.05) is 78.7 Å². The fraction of sp³-hybridized carbons (Fsp3) is 0.207. The summed E-state index contributed by atoms with van der Waals surface area (Å²) in [5.41, 5.74) is 1.25. The van der Waals surface area contributed by atoms with E-state index in [-0.39, 0.29) is 52.2 Å². The number of nitrogens with one attached hydrogen (secondary N) is 2. The van der Waals surface area contributed by atoms with Crippen LogP contribution in [0.25, 0.3) is 11.3 Å². The van der Waals surface area contributed by atoms with Crippen LogP contribution < -0.4 is 10.1 Å². The molecule has 1 aliphatic heterocycles. The van der Waals surface area contributed by atoms with E-state index in [4.69, 9.17) is 33.0 Å². The second-order valence-electron chi connectivity index (χ2n) is 8.86. The standard InChI is InChI=1S/C21H17Cl2FN4O2.C8H10O2/c1-11(12-5-3-2-4-6-12)18(28-16(29)10-25-21(28)30)20-26-17(19(23)27-20)14-8-7-13(22)9-15(14)24;9-6-7-10-8-4-2-1-3-5-8/h2-9,11,18H,10H2,1H3,(H,25,30)(H,26,27);1-5,9H,6-7H2. The van der Waals surface area contributed by atoms with Crippen LogP contribution in [-0.2, 0) is 4.79 Å². The number of para-hydroxylation sites is 1. The molecule has 3 amide bonds. The minimum absolute atomic E-state index is 0.0644. The summed E-state index contributed by atoms with van der Waals surface area (Å²) in [6.45, 7) is 2.22. The first-order valence-corrected chi connectivity index (χ1v) is 13.2. The molecule has 0 radical (unpaired) electrons. The Morgan fingerprint density at radius 3 is 2.33 bits per heavy atom. The Morgan fingerprint density at radius 2 is 1.73 bits per heavy atom. The van der Waals surface area contributed by atoms with Gasteiger partial charge in [-0.15, -0.1) is 0 Å². The van der Waals surface area contributed by atoms with Crippen LogP contribution in [0.1, 0.15) is 30.3 Å². The van der Waals surface area contributed by atoms with Crippen molar-refractivity contribution in [3.05, 3.63) is 106 Å². The van der Waals surface area contributed by atoms with Crippen LogP contribution in [0.15, 0.2) is 78.9 Å². The van der Waals surface area contributed by atoms with E-state index in [2.05, 4.69) is 15.3 Å². The minimum Gasteiger partial charge on any atom is -0.491 e. The number of aliphatic hydroxyl groups is 1. The molecule has 2 heterocycles. The Kier molecular flexibility index (Phi) is 9.76. The fourth-order valence-electron chi connectivity index (χ4n) is 4.29. The van der Waals surface area contributed by atoms with E-state index >= 15 is 0 Å². The van der Waals surface area contributed by atoms with Gasteiger partial charge in [-0.25, -0.2) is 14.2 Å². The van der Waals surface area contributed by atoms with Crippen molar-refractivity contribution in [1.82, 2.24) is 20.2 Å². The van der Waals surface area contributed by atoms with Crippen LogP contribution in [0.5, 0.6) is 5.75 Å². The molecule has 2 atom stereocenters. The number of carbonyl (C=O) groups excluding carboxylic acids is 2. The third-order valence-electron chi connectivity index (χ3n) is 6.20. The van der Waals surface area contributed by atoms with Crippen molar-refractivity contribution in [1.29, 1.82) is 0 Å². The molecule has 1 fully saturated rings. The van der Waals surface area contributed by atoms with Crippen molar-refractivity contribution < 1.29 is 23.8 Å². The molecule has 2 unspecified atom stereocenters. The molecular formula is C29H27Cl2FN4O4. The lowest BCUT2D eigenvalue weighted by Gasteiger charge is -2.29. The largest absolute Gasteiger partial charge is 0.491 e. The number of nitrogens with zero attached hydrogens (tertiary/aromatic N) is 2. The SMILES string of the molecule is CC(c1ccccc1)C(c1nc(-c2ccc(Cl)cc2F)c(Cl)[nH]1)N1C(=O)CNC1=O.OCCOc1ccccc1. The molecule has 3 N–H and O–H groups in total. The molecule has 0 bridgehead atoms. The Labute approximate surface area is 240 Å². The van der Waals surface area contributed by atoms with E-state index in [1.165, 1.54) is 18.2 Å².